The lowest BCUT2D eigenvalue weighted by Gasteiger charge is -2.11. The number of ether oxygens (including phenoxy) is 1. The number of amides is 2. The number of rotatable bonds is 8. The molecule has 0 fully saturated rings. The number of aromatic nitrogens is 5. The molecule has 3 aromatic heterocycles. The zero-order chi connectivity index (χ0) is 28.5. The molecule has 1 aromatic carbocycles. The average molecular weight is 564 g/mol. The average Bonchev–Trinajstić information content (AvgIpc) is 3.46. The van der Waals surface area contributed by atoms with Crippen molar-refractivity contribution in [2.45, 2.75) is 33.5 Å². The largest absolute Gasteiger partial charge is 0.497 e. The zero-order valence-electron chi connectivity index (χ0n) is 21.4. The van der Waals surface area contributed by atoms with Crippen LogP contribution in [0.4, 0.5) is 18.9 Å². The van der Waals surface area contributed by atoms with Gasteiger partial charge >= 0.3 is 6.18 Å². The van der Waals surface area contributed by atoms with Crippen LogP contribution in [-0.2, 0) is 12.7 Å². The van der Waals surface area contributed by atoms with E-state index in [9.17, 15) is 22.8 Å². The van der Waals surface area contributed by atoms with E-state index in [-0.39, 0.29) is 28.6 Å². The molecule has 206 valence electrons. The summed E-state index contributed by atoms with van der Waals surface area (Å²) >= 11 is 6.38. The summed E-state index contributed by atoms with van der Waals surface area (Å²) in [5.74, 6) is -0.858. The molecule has 14 heteroatoms. The Labute approximate surface area is 226 Å². The number of carbonyl (C=O) groups is 2. The first-order valence-electron chi connectivity index (χ1n) is 11.9. The highest BCUT2D eigenvalue weighted by molar-refractivity contribution is 6.37. The Morgan fingerprint density at radius 2 is 1.87 bits per heavy atom. The number of anilines is 1. The summed E-state index contributed by atoms with van der Waals surface area (Å²) in [6, 6.07) is 7.15. The molecule has 39 heavy (non-hydrogen) atoms. The van der Waals surface area contributed by atoms with Gasteiger partial charge in [0, 0.05) is 24.8 Å². The van der Waals surface area contributed by atoms with Crippen molar-refractivity contribution in [2.24, 2.45) is 5.92 Å². The van der Waals surface area contributed by atoms with Crippen LogP contribution in [0.5, 0.6) is 5.75 Å². The summed E-state index contributed by atoms with van der Waals surface area (Å²) in [6.07, 6.45) is -3.41. The van der Waals surface area contributed by atoms with Crippen LogP contribution in [0.25, 0.3) is 16.9 Å². The summed E-state index contributed by atoms with van der Waals surface area (Å²) in [7, 11) is 1.43. The van der Waals surface area contributed by atoms with Gasteiger partial charge in [0.25, 0.3) is 11.8 Å². The van der Waals surface area contributed by atoms with E-state index in [1.165, 1.54) is 24.1 Å². The smallest absolute Gasteiger partial charge is 0.433 e. The Bertz CT molecular complexity index is 1550. The molecule has 0 saturated carbocycles. The second-order valence-corrected chi connectivity index (χ2v) is 9.34. The molecule has 0 aliphatic heterocycles. The molecule has 3 heterocycles. The number of alkyl halides is 3. The van der Waals surface area contributed by atoms with E-state index in [4.69, 9.17) is 16.3 Å². The topological polar surface area (TPSA) is 115 Å². The lowest BCUT2D eigenvalue weighted by molar-refractivity contribution is -0.142. The molecule has 0 atom stereocenters. The van der Waals surface area contributed by atoms with Crippen LogP contribution in [0.1, 0.15) is 47.4 Å². The molecule has 0 unspecified atom stereocenters. The van der Waals surface area contributed by atoms with Crippen molar-refractivity contribution in [1.82, 2.24) is 29.7 Å². The predicted octanol–water partition coefficient (Wildman–Crippen LogP) is 4.93. The Kier molecular flexibility index (Phi) is 7.82. The van der Waals surface area contributed by atoms with Crippen molar-refractivity contribution >= 4 is 34.7 Å². The molecule has 0 aliphatic rings. The van der Waals surface area contributed by atoms with Gasteiger partial charge in [0.1, 0.15) is 10.8 Å². The zero-order valence-corrected chi connectivity index (χ0v) is 22.2. The van der Waals surface area contributed by atoms with Gasteiger partial charge in [-0.15, -0.1) is 0 Å². The van der Waals surface area contributed by atoms with E-state index < -0.39 is 34.4 Å². The summed E-state index contributed by atoms with van der Waals surface area (Å²) in [6.45, 7) is 6.41. The minimum atomic E-state index is -4.85. The van der Waals surface area contributed by atoms with Crippen molar-refractivity contribution in [2.75, 3.05) is 19.0 Å². The standard InChI is InChI=1S/C25H25ClF3N7O3/c1-5-35-12-17(20(33-35)23(37)30-11-13(2)3)32-24(38)21-19(26)22-31-16(14-7-6-8-15(9-14)39-4)10-18(25(27,28)29)36(22)34-21/h6-10,12-13H,5,11H2,1-4H3,(H,30,37)(H,32,38). The first-order valence-corrected chi connectivity index (χ1v) is 12.3. The number of halogens is 4. The number of fused-ring (bicyclic) bond motifs is 1. The van der Waals surface area contributed by atoms with Gasteiger partial charge in [-0.3, -0.25) is 14.3 Å². The fourth-order valence-electron chi connectivity index (χ4n) is 3.67. The normalized spacial score (nSPS) is 11.7. The summed E-state index contributed by atoms with van der Waals surface area (Å²) in [4.78, 5) is 30.1. The molecule has 4 aromatic rings. The quantitative estimate of drug-likeness (QED) is 0.314. The van der Waals surface area contributed by atoms with Crippen LogP contribution in [-0.4, -0.2) is 49.8 Å². The lowest BCUT2D eigenvalue weighted by atomic mass is 10.1. The summed E-state index contributed by atoms with van der Waals surface area (Å²) < 4.78 is 49.2. The first-order chi connectivity index (χ1) is 18.4. The van der Waals surface area contributed by atoms with Gasteiger partial charge in [0.15, 0.2) is 22.7 Å². The van der Waals surface area contributed by atoms with Crippen molar-refractivity contribution in [3.8, 4) is 17.0 Å². The molecular formula is C25H25ClF3N7O3. The fourth-order valence-corrected chi connectivity index (χ4v) is 3.92. The van der Waals surface area contributed by atoms with Gasteiger partial charge in [-0.25, -0.2) is 9.50 Å². The van der Waals surface area contributed by atoms with Crippen molar-refractivity contribution in [3.05, 3.63) is 58.6 Å². The fraction of sp³-hybridized carbons (Fsp3) is 0.320. The highest BCUT2D eigenvalue weighted by Gasteiger charge is 2.37. The molecule has 0 saturated heterocycles. The number of carbonyl (C=O) groups excluding carboxylic acids is 2. The van der Waals surface area contributed by atoms with E-state index in [1.807, 2.05) is 13.8 Å². The Hall–Kier alpha value is -4.13. The van der Waals surface area contributed by atoms with Crippen LogP contribution in [0, 0.1) is 5.92 Å². The van der Waals surface area contributed by atoms with E-state index in [2.05, 4.69) is 25.8 Å². The summed E-state index contributed by atoms with van der Waals surface area (Å²) in [5, 5.41) is 12.9. The molecule has 0 radical (unpaired) electrons. The Balaban J connectivity index is 1.76. The van der Waals surface area contributed by atoms with Crippen molar-refractivity contribution < 1.29 is 27.5 Å². The van der Waals surface area contributed by atoms with Gasteiger partial charge in [0.05, 0.1) is 18.5 Å². The molecule has 0 aliphatic carbocycles. The Morgan fingerprint density at radius 1 is 1.13 bits per heavy atom. The lowest BCUT2D eigenvalue weighted by Crippen LogP contribution is -2.29. The summed E-state index contributed by atoms with van der Waals surface area (Å²) in [5.41, 5.74) is -1.76. The number of benzene rings is 1. The minimum absolute atomic E-state index is 0.0455. The van der Waals surface area contributed by atoms with Crippen molar-refractivity contribution in [1.29, 1.82) is 0 Å². The number of nitrogens with zero attached hydrogens (tertiary/aromatic N) is 5. The van der Waals surface area contributed by atoms with Crippen LogP contribution in [0.3, 0.4) is 0 Å². The van der Waals surface area contributed by atoms with Crippen LogP contribution in [0.15, 0.2) is 36.5 Å². The maximum Gasteiger partial charge on any atom is 0.433 e. The minimum Gasteiger partial charge on any atom is -0.497 e. The molecule has 0 spiro atoms. The van der Waals surface area contributed by atoms with Crippen LogP contribution >= 0.6 is 11.6 Å². The number of nitrogens with one attached hydrogen (secondary N) is 2. The number of aryl methyl sites for hydroxylation is 1. The highest BCUT2D eigenvalue weighted by atomic mass is 35.5. The van der Waals surface area contributed by atoms with Gasteiger partial charge in [-0.2, -0.15) is 23.4 Å². The van der Waals surface area contributed by atoms with Gasteiger partial charge in [-0.1, -0.05) is 37.6 Å². The SMILES string of the molecule is CCn1cc(NC(=O)c2nn3c(C(F)(F)F)cc(-c4cccc(OC)c4)nc3c2Cl)c(C(=O)NCC(C)C)n1. The van der Waals surface area contributed by atoms with E-state index in [0.29, 0.717) is 28.9 Å². The maximum atomic E-state index is 14.0. The maximum absolute atomic E-state index is 14.0. The molecule has 2 amide bonds. The van der Waals surface area contributed by atoms with E-state index >= 15 is 0 Å². The molecule has 4 rings (SSSR count). The van der Waals surface area contributed by atoms with E-state index in [0.717, 1.165) is 6.07 Å². The third kappa shape index (κ3) is 5.82. The molecule has 10 nitrogen and oxygen atoms in total. The van der Waals surface area contributed by atoms with Crippen LogP contribution in [0.2, 0.25) is 5.02 Å². The third-order valence-electron chi connectivity index (χ3n) is 5.62. The van der Waals surface area contributed by atoms with Crippen molar-refractivity contribution in [3.63, 3.8) is 0 Å². The first kappa shape index (κ1) is 27.9. The number of hydrogen-bond donors (Lipinski definition) is 2. The van der Waals surface area contributed by atoms with Gasteiger partial charge in [-0.05, 0) is 31.0 Å². The number of methoxy groups -OCH3 is 1. The number of hydrogen-bond acceptors (Lipinski definition) is 6. The second kappa shape index (κ2) is 10.9. The Morgan fingerprint density at radius 3 is 2.51 bits per heavy atom. The second-order valence-electron chi connectivity index (χ2n) is 8.96. The third-order valence-corrected chi connectivity index (χ3v) is 5.97. The van der Waals surface area contributed by atoms with Gasteiger partial charge in [0.2, 0.25) is 0 Å². The molecule has 0 bridgehead atoms. The van der Waals surface area contributed by atoms with Gasteiger partial charge < -0.3 is 15.4 Å². The molecular weight excluding hydrogens is 539 g/mol. The predicted molar refractivity (Wildman–Crippen MR) is 138 cm³/mol. The highest BCUT2D eigenvalue weighted by Crippen LogP contribution is 2.35. The van der Waals surface area contributed by atoms with E-state index in [1.54, 1.807) is 25.1 Å². The van der Waals surface area contributed by atoms with Crippen LogP contribution < -0.4 is 15.4 Å². The monoisotopic (exact) mass is 563 g/mol. The molecule has 2 N–H and O–H groups in total.